The number of carbonyl (C=O) groups is 1. The smallest absolute Gasteiger partial charge is 0.246 e. The van der Waals surface area contributed by atoms with Gasteiger partial charge in [0, 0.05) is 32.3 Å². The number of amides is 1. The Morgan fingerprint density at radius 3 is 2.38 bits per heavy atom. The van der Waals surface area contributed by atoms with E-state index in [2.05, 4.69) is 0 Å². The molecule has 1 saturated heterocycles. The number of hydrogen-bond donors (Lipinski definition) is 0. The van der Waals surface area contributed by atoms with Crippen molar-refractivity contribution >= 4 is 22.0 Å². The first-order chi connectivity index (χ1) is 13.9. The Morgan fingerprint density at radius 1 is 0.966 bits per heavy atom. The Bertz CT molecular complexity index is 1040. The normalized spacial score (nSPS) is 17.1. The molecule has 2 aromatic rings. The van der Waals surface area contributed by atoms with Gasteiger partial charge in [-0.1, -0.05) is 23.8 Å². The van der Waals surface area contributed by atoms with Gasteiger partial charge in [0.15, 0.2) is 11.5 Å². The van der Waals surface area contributed by atoms with Crippen LogP contribution in [0.5, 0.6) is 11.5 Å². The maximum atomic E-state index is 12.8. The van der Waals surface area contributed by atoms with Gasteiger partial charge < -0.3 is 14.4 Å². The predicted octanol–water partition coefficient (Wildman–Crippen LogP) is 2.27. The van der Waals surface area contributed by atoms with Crippen LogP contribution in [0.1, 0.15) is 11.1 Å². The second-order valence-corrected chi connectivity index (χ2v) is 8.93. The molecule has 29 heavy (non-hydrogen) atoms. The first-order valence-corrected chi connectivity index (χ1v) is 10.8. The van der Waals surface area contributed by atoms with Crippen molar-refractivity contribution in [2.75, 3.05) is 33.0 Å². The van der Waals surface area contributed by atoms with Crippen LogP contribution in [-0.4, -0.2) is 56.5 Å². The summed E-state index contributed by atoms with van der Waals surface area (Å²) in [6, 6.07) is 12.3. The summed E-state index contributed by atoms with van der Waals surface area (Å²) in [4.78, 5) is 14.4. The molecule has 0 bridgehead atoms. The standard InChI is InChI=1S/C21H22N2O5S/c1-16-2-6-18(7-3-16)29(25,26)23-12-10-22(11-13-23)21(24)9-5-17-4-8-19-20(14-17)28-15-27-19/h2-9,14H,10-13,15H2,1H3. The van der Waals surface area contributed by atoms with E-state index in [-0.39, 0.29) is 30.7 Å². The van der Waals surface area contributed by atoms with E-state index >= 15 is 0 Å². The Balaban J connectivity index is 1.36. The fourth-order valence-electron chi connectivity index (χ4n) is 3.30. The molecule has 2 aromatic carbocycles. The number of hydrogen-bond acceptors (Lipinski definition) is 5. The SMILES string of the molecule is Cc1ccc(S(=O)(=O)N2CCN(C(=O)C=Cc3ccc4c(c3)OCO4)CC2)cc1. The van der Waals surface area contributed by atoms with Crippen molar-refractivity contribution in [1.29, 1.82) is 0 Å². The number of piperazine rings is 1. The van der Waals surface area contributed by atoms with Crippen LogP contribution in [-0.2, 0) is 14.8 Å². The van der Waals surface area contributed by atoms with Crippen LogP contribution >= 0.6 is 0 Å². The first kappa shape index (κ1) is 19.5. The summed E-state index contributed by atoms with van der Waals surface area (Å²) in [7, 11) is -3.54. The van der Waals surface area contributed by atoms with E-state index in [1.807, 2.05) is 19.1 Å². The van der Waals surface area contributed by atoms with Crippen LogP contribution in [0.2, 0.25) is 0 Å². The minimum Gasteiger partial charge on any atom is -0.454 e. The zero-order chi connectivity index (χ0) is 20.4. The summed E-state index contributed by atoms with van der Waals surface area (Å²) in [6.07, 6.45) is 3.22. The quantitative estimate of drug-likeness (QED) is 0.718. The lowest BCUT2D eigenvalue weighted by molar-refractivity contribution is -0.127. The summed E-state index contributed by atoms with van der Waals surface area (Å²) in [6.45, 7) is 3.39. The average molecular weight is 414 g/mol. The van der Waals surface area contributed by atoms with Crippen LogP contribution in [0.4, 0.5) is 0 Å². The molecule has 8 heteroatoms. The highest BCUT2D eigenvalue weighted by atomic mass is 32.2. The van der Waals surface area contributed by atoms with Gasteiger partial charge in [-0.15, -0.1) is 0 Å². The van der Waals surface area contributed by atoms with E-state index in [9.17, 15) is 13.2 Å². The molecule has 7 nitrogen and oxygen atoms in total. The molecule has 4 rings (SSSR count). The number of sulfonamides is 1. The predicted molar refractivity (Wildman–Crippen MR) is 108 cm³/mol. The lowest BCUT2D eigenvalue weighted by atomic mass is 10.2. The molecule has 0 saturated carbocycles. The molecule has 0 atom stereocenters. The van der Waals surface area contributed by atoms with Gasteiger partial charge >= 0.3 is 0 Å². The Kier molecular flexibility index (Phi) is 5.29. The third kappa shape index (κ3) is 4.13. The van der Waals surface area contributed by atoms with Gasteiger partial charge in [-0.05, 0) is 42.8 Å². The Morgan fingerprint density at radius 2 is 1.66 bits per heavy atom. The van der Waals surface area contributed by atoms with Gasteiger partial charge in [0.05, 0.1) is 4.90 Å². The monoisotopic (exact) mass is 414 g/mol. The zero-order valence-corrected chi connectivity index (χ0v) is 16.9. The van der Waals surface area contributed by atoms with Crippen molar-refractivity contribution in [3.8, 4) is 11.5 Å². The number of rotatable bonds is 4. The van der Waals surface area contributed by atoms with Crippen LogP contribution in [0.25, 0.3) is 6.08 Å². The number of ether oxygens (including phenoxy) is 2. The van der Waals surface area contributed by atoms with Crippen LogP contribution < -0.4 is 9.47 Å². The maximum Gasteiger partial charge on any atom is 0.246 e. The summed E-state index contributed by atoms with van der Waals surface area (Å²) in [5.41, 5.74) is 1.84. The minimum atomic E-state index is -3.54. The Labute approximate surface area is 170 Å². The number of nitrogens with zero attached hydrogens (tertiary/aromatic N) is 2. The van der Waals surface area contributed by atoms with Gasteiger partial charge in [0.1, 0.15) is 0 Å². The third-order valence-corrected chi connectivity index (χ3v) is 6.94. The van der Waals surface area contributed by atoms with Crippen LogP contribution in [0.3, 0.4) is 0 Å². The van der Waals surface area contributed by atoms with E-state index in [0.717, 1.165) is 11.1 Å². The molecule has 1 amide bonds. The average Bonchev–Trinajstić information content (AvgIpc) is 3.20. The lowest BCUT2D eigenvalue weighted by Gasteiger charge is -2.33. The fraction of sp³-hybridized carbons (Fsp3) is 0.286. The van der Waals surface area contributed by atoms with Gasteiger partial charge in [-0.25, -0.2) is 8.42 Å². The van der Waals surface area contributed by atoms with Crippen LogP contribution in [0.15, 0.2) is 53.4 Å². The molecule has 0 spiro atoms. The van der Waals surface area contributed by atoms with Crippen molar-refractivity contribution in [3.05, 3.63) is 59.7 Å². The topological polar surface area (TPSA) is 76.2 Å². The molecular formula is C21H22N2O5S. The molecule has 0 aliphatic carbocycles. The molecule has 1 fully saturated rings. The van der Waals surface area contributed by atoms with E-state index < -0.39 is 10.0 Å². The van der Waals surface area contributed by atoms with Gasteiger partial charge in [0.2, 0.25) is 22.7 Å². The molecule has 0 radical (unpaired) electrons. The van der Waals surface area contributed by atoms with Crippen molar-refractivity contribution in [2.45, 2.75) is 11.8 Å². The summed E-state index contributed by atoms with van der Waals surface area (Å²) in [5, 5.41) is 0. The lowest BCUT2D eigenvalue weighted by Crippen LogP contribution is -2.50. The van der Waals surface area contributed by atoms with E-state index in [1.54, 1.807) is 41.3 Å². The number of fused-ring (bicyclic) bond motifs is 1. The third-order valence-electron chi connectivity index (χ3n) is 5.02. The van der Waals surface area contributed by atoms with Crippen molar-refractivity contribution in [3.63, 3.8) is 0 Å². The largest absolute Gasteiger partial charge is 0.454 e. The van der Waals surface area contributed by atoms with E-state index in [4.69, 9.17) is 9.47 Å². The molecule has 152 valence electrons. The van der Waals surface area contributed by atoms with Gasteiger partial charge in [-0.3, -0.25) is 4.79 Å². The fourth-order valence-corrected chi connectivity index (χ4v) is 4.72. The van der Waals surface area contributed by atoms with Gasteiger partial charge in [-0.2, -0.15) is 4.31 Å². The maximum absolute atomic E-state index is 12.8. The van der Waals surface area contributed by atoms with Crippen molar-refractivity contribution < 1.29 is 22.7 Å². The van der Waals surface area contributed by atoms with E-state index in [0.29, 0.717) is 24.6 Å². The molecule has 2 aliphatic rings. The highest BCUT2D eigenvalue weighted by Gasteiger charge is 2.29. The second-order valence-electron chi connectivity index (χ2n) is 6.99. The zero-order valence-electron chi connectivity index (χ0n) is 16.1. The second kappa shape index (κ2) is 7.88. The number of benzene rings is 2. The molecule has 0 unspecified atom stereocenters. The highest BCUT2D eigenvalue weighted by molar-refractivity contribution is 7.89. The van der Waals surface area contributed by atoms with Gasteiger partial charge in [0.25, 0.3) is 0 Å². The summed E-state index contributed by atoms with van der Waals surface area (Å²) < 4.78 is 37.6. The van der Waals surface area contributed by atoms with E-state index in [1.165, 1.54) is 10.4 Å². The highest BCUT2D eigenvalue weighted by Crippen LogP contribution is 2.32. The number of aryl methyl sites for hydroxylation is 1. The summed E-state index contributed by atoms with van der Waals surface area (Å²) in [5.74, 6) is 1.21. The molecule has 0 N–H and O–H groups in total. The van der Waals surface area contributed by atoms with Crippen molar-refractivity contribution in [1.82, 2.24) is 9.21 Å². The first-order valence-electron chi connectivity index (χ1n) is 9.37. The molecule has 2 aliphatic heterocycles. The Hall–Kier alpha value is -2.84. The molecule has 0 aromatic heterocycles. The molecule has 2 heterocycles. The minimum absolute atomic E-state index is 0.143. The molecular weight excluding hydrogens is 392 g/mol. The summed E-state index contributed by atoms with van der Waals surface area (Å²) >= 11 is 0. The van der Waals surface area contributed by atoms with Crippen molar-refractivity contribution in [2.24, 2.45) is 0 Å². The number of carbonyl (C=O) groups excluding carboxylic acids is 1. The van der Waals surface area contributed by atoms with Crippen LogP contribution in [0, 0.1) is 6.92 Å².